The first-order chi connectivity index (χ1) is 7.72. The summed E-state index contributed by atoms with van der Waals surface area (Å²) >= 11 is 1.63. The van der Waals surface area contributed by atoms with Gasteiger partial charge in [-0.2, -0.15) is 0 Å². The van der Waals surface area contributed by atoms with Gasteiger partial charge in [0, 0.05) is 21.9 Å². The van der Waals surface area contributed by atoms with Crippen LogP contribution < -0.4 is 5.32 Å². The van der Waals surface area contributed by atoms with Gasteiger partial charge < -0.3 is 5.32 Å². The van der Waals surface area contributed by atoms with Gasteiger partial charge in [0.1, 0.15) is 5.82 Å². The molecule has 0 aliphatic heterocycles. The van der Waals surface area contributed by atoms with Gasteiger partial charge in [0.2, 0.25) is 0 Å². The second kappa shape index (κ2) is 4.76. The highest BCUT2D eigenvalue weighted by Crippen LogP contribution is 2.32. The Kier molecular flexibility index (Phi) is 3.36. The van der Waals surface area contributed by atoms with Crippen molar-refractivity contribution in [3.63, 3.8) is 0 Å². The number of hydrogen-bond acceptors (Lipinski definition) is 2. The fourth-order valence-electron chi connectivity index (χ4n) is 1.75. The lowest BCUT2D eigenvalue weighted by Crippen LogP contribution is -2.06. The summed E-state index contributed by atoms with van der Waals surface area (Å²) in [6.45, 7) is 2.72. The molecule has 0 aliphatic rings. The van der Waals surface area contributed by atoms with E-state index in [0.29, 0.717) is 6.54 Å². The predicted molar refractivity (Wildman–Crippen MR) is 67.2 cm³/mol. The zero-order valence-corrected chi connectivity index (χ0v) is 10.2. The van der Waals surface area contributed by atoms with Crippen LogP contribution in [0.5, 0.6) is 0 Å². The highest BCUT2D eigenvalue weighted by Gasteiger charge is 2.11. The van der Waals surface area contributed by atoms with Gasteiger partial charge in [0.25, 0.3) is 0 Å². The first-order valence-electron chi connectivity index (χ1n) is 5.21. The molecule has 0 amide bonds. The number of halogens is 1. The minimum atomic E-state index is -0.144. The summed E-state index contributed by atoms with van der Waals surface area (Å²) in [6.07, 6.45) is 0. The van der Waals surface area contributed by atoms with Crippen molar-refractivity contribution in [2.24, 2.45) is 0 Å². The Balaban J connectivity index is 2.53. The first kappa shape index (κ1) is 11.3. The molecule has 1 aromatic heterocycles. The van der Waals surface area contributed by atoms with Crippen molar-refractivity contribution in [2.75, 3.05) is 7.05 Å². The monoisotopic (exact) mass is 235 g/mol. The molecule has 0 bridgehead atoms. The maximum Gasteiger partial charge on any atom is 0.132 e. The number of thiophene rings is 1. The summed E-state index contributed by atoms with van der Waals surface area (Å²) in [7, 11) is 1.87. The normalized spacial score (nSPS) is 10.7. The molecule has 0 atom stereocenters. The minimum Gasteiger partial charge on any atom is -0.316 e. The van der Waals surface area contributed by atoms with Crippen LogP contribution >= 0.6 is 11.3 Å². The van der Waals surface area contributed by atoms with E-state index in [0.717, 1.165) is 16.0 Å². The van der Waals surface area contributed by atoms with E-state index in [1.165, 1.54) is 10.9 Å². The van der Waals surface area contributed by atoms with Crippen LogP contribution in [0.3, 0.4) is 0 Å². The second-order valence-electron chi connectivity index (χ2n) is 3.71. The summed E-state index contributed by atoms with van der Waals surface area (Å²) in [5.74, 6) is -0.144. The van der Waals surface area contributed by atoms with E-state index >= 15 is 0 Å². The Morgan fingerprint density at radius 3 is 2.69 bits per heavy atom. The van der Waals surface area contributed by atoms with E-state index in [4.69, 9.17) is 0 Å². The molecule has 0 fully saturated rings. The van der Waals surface area contributed by atoms with Gasteiger partial charge in [-0.05, 0) is 37.7 Å². The lowest BCUT2D eigenvalue weighted by molar-refractivity contribution is 0.628. The Morgan fingerprint density at radius 2 is 2.06 bits per heavy atom. The van der Waals surface area contributed by atoms with E-state index in [1.54, 1.807) is 17.4 Å². The zero-order valence-electron chi connectivity index (χ0n) is 9.38. The fourth-order valence-corrected chi connectivity index (χ4v) is 2.70. The largest absolute Gasteiger partial charge is 0.316 e. The Labute approximate surface area is 98.9 Å². The minimum absolute atomic E-state index is 0.144. The highest BCUT2D eigenvalue weighted by molar-refractivity contribution is 7.15. The van der Waals surface area contributed by atoms with Crippen LogP contribution in [-0.2, 0) is 6.54 Å². The molecule has 0 saturated heterocycles. The van der Waals surface area contributed by atoms with Crippen LogP contribution in [0, 0.1) is 12.7 Å². The summed E-state index contributed by atoms with van der Waals surface area (Å²) in [5.41, 5.74) is 1.74. The number of nitrogens with one attached hydrogen (secondary N) is 1. The van der Waals surface area contributed by atoms with Crippen molar-refractivity contribution in [1.29, 1.82) is 0 Å². The Hall–Kier alpha value is -1.19. The molecule has 2 rings (SSSR count). The van der Waals surface area contributed by atoms with Crippen LogP contribution in [0.1, 0.15) is 10.4 Å². The lowest BCUT2D eigenvalue weighted by atomic mass is 10.1. The smallest absolute Gasteiger partial charge is 0.132 e. The average molecular weight is 235 g/mol. The van der Waals surface area contributed by atoms with Crippen LogP contribution in [0.4, 0.5) is 4.39 Å². The van der Waals surface area contributed by atoms with E-state index in [-0.39, 0.29) is 5.82 Å². The molecule has 0 aliphatic carbocycles. The third kappa shape index (κ3) is 2.15. The molecule has 1 nitrogen and oxygen atoms in total. The van der Waals surface area contributed by atoms with E-state index < -0.39 is 0 Å². The molecule has 1 heterocycles. The molecule has 1 aromatic carbocycles. The van der Waals surface area contributed by atoms with Crippen molar-refractivity contribution in [2.45, 2.75) is 13.5 Å². The predicted octanol–water partition coefficient (Wildman–Crippen LogP) is 3.58. The first-order valence-corrected chi connectivity index (χ1v) is 6.03. The van der Waals surface area contributed by atoms with Crippen LogP contribution in [0.15, 0.2) is 30.3 Å². The van der Waals surface area contributed by atoms with Gasteiger partial charge in [0.15, 0.2) is 0 Å². The fraction of sp³-hybridized carbons (Fsp3) is 0.231. The SMILES string of the molecule is CNCc1cccc(F)c1-c1ccc(C)s1. The van der Waals surface area contributed by atoms with E-state index in [2.05, 4.69) is 5.32 Å². The van der Waals surface area contributed by atoms with Crippen molar-refractivity contribution < 1.29 is 4.39 Å². The summed E-state index contributed by atoms with van der Waals surface area (Å²) in [4.78, 5) is 2.20. The van der Waals surface area contributed by atoms with Crippen LogP contribution in [-0.4, -0.2) is 7.05 Å². The van der Waals surface area contributed by atoms with E-state index in [1.807, 2.05) is 32.2 Å². The molecule has 3 heteroatoms. The molecule has 0 unspecified atom stereocenters. The van der Waals surface area contributed by atoms with Gasteiger partial charge in [-0.25, -0.2) is 4.39 Å². The quantitative estimate of drug-likeness (QED) is 0.857. The van der Waals surface area contributed by atoms with Crippen molar-refractivity contribution in [1.82, 2.24) is 5.32 Å². The maximum atomic E-state index is 13.8. The van der Waals surface area contributed by atoms with Gasteiger partial charge in [0.05, 0.1) is 0 Å². The standard InChI is InChI=1S/C13H14FNS/c1-9-6-7-12(16-9)13-10(8-15-2)4-3-5-11(13)14/h3-7,15H,8H2,1-2H3. The molecule has 16 heavy (non-hydrogen) atoms. The molecule has 0 radical (unpaired) electrons. The molecule has 0 spiro atoms. The highest BCUT2D eigenvalue weighted by atomic mass is 32.1. The van der Waals surface area contributed by atoms with Gasteiger partial charge in [-0.3, -0.25) is 0 Å². The van der Waals surface area contributed by atoms with E-state index in [9.17, 15) is 4.39 Å². The summed E-state index contributed by atoms with van der Waals surface area (Å²) in [6, 6.07) is 9.24. The third-order valence-electron chi connectivity index (χ3n) is 2.45. The number of rotatable bonds is 3. The number of benzene rings is 1. The molecule has 0 saturated carbocycles. The Bertz CT molecular complexity index is 490. The molecule has 1 N–H and O–H groups in total. The molecule has 84 valence electrons. The number of hydrogen-bond donors (Lipinski definition) is 1. The molecular weight excluding hydrogens is 221 g/mol. The molecular formula is C13H14FNS. The topological polar surface area (TPSA) is 12.0 Å². The van der Waals surface area contributed by atoms with Crippen molar-refractivity contribution in [3.05, 3.63) is 46.6 Å². The lowest BCUT2D eigenvalue weighted by Gasteiger charge is -2.08. The zero-order chi connectivity index (χ0) is 11.5. The van der Waals surface area contributed by atoms with Gasteiger partial charge in [-0.1, -0.05) is 12.1 Å². The van der Waals surface area contributed by atoms with Crippen molar-refractivity contribution >= 4 is 11.3 Å². The molecule has 2 aromatic rings. The third-order valence-corrected chi connectivity index (χ3v) is 3.47. The summed E-state index contributed by atoms with van der Waals surface area (Å²) < 4.78 is 13.8. The van der Waals surface area contributed by atoms with Crippen molar-refractivity contribution in [3.8, 4) is 10.4 Å². The summed E-state index contributed by atoms with van der Waals surface area (Å²) in [5, 5.41) is 3.07. The Morgan fingerprint density at radius 1 is 1.25 bits per heavy atom. The average Bonchev–Trinajstić information content (AvgIpc) is 2.65. The van der Waals surface area contributed by atoms with Crippen LogP contribution in [0.2, 0.25) is 0 Å². The number of aryl methyl sites for hydroxylation is 1. The van der Waals surface area contributed by atoms with Gasteiger partial charge in [-0.15, -0.1) is 11.3 Å². The maximum absolute atomic E-state index is 13.8. The second-order valence-corrected chi connectivity index (χ2v) is 5.00. The van der Waals surface area contributed by atoms with Crippen LogP contribution in [0.25, 0.3) is 10.4 Å². The van der Waals surface area contributed by atoms with Gasteiger partial charge >= 0.3 is 0 Å².